The monoisotopic (exact) mass is 286 g/mol. The predicted octanol–water partition coefficient (Wildman–Crippen LogP) is 5.44. The highest BCUT2D eigenvalue weighted by Crippen LogP contribution is 2.72. The minimum Gasteiger partial charge on any atom is -0.299 e. The van der Waals surface area contributed by atoms with E-state index in [1.165, 1.54) is 38.5 Å². The Hall–Kier alpha value is -0.590. The van der Waals surface area contributed by atoms with E-state index in [4.69, 9.17) is 0 Å². The Morgan fingerprint density at radius 2 is 1.62 bits per heavy atom. The van der Waals surface area contributed by atoms with Crippen LogP contribution in [0.1, 0.15) is 85.5 Å². The summed E-state index contributed by atoms with van der Waals surface area (Å²) in [4.78, 5) is 12.6. The van der Waals surface area contributed by atoms with Crippen molar-refractivity contribution in [3.05, 3.63) is 11.1 Å². The number of hydrogen-bond donors (Lipinski definition) is 0. The minimum atomic E-state index is -0.0203. The Labute approximate surface area is 129 Å². The zero-order chi connectivity index (χ0) is 15.1. The van der Waals surface area contributed by atoms with Crippen LogP contribution in [0.5, 0.6) is 0 Å². The van der Waals surface area contributed by atoms with Crippen LogP contribution in [0.4, 0.5) is 0 Å². The average molecular weight is 286 g/mol. The van der Waals surface area contributed by atoms with Gasteiger partial charge in [-0.15, -0.1) is 0 Å². The number of fused-ring (bicyclic) bond motifs is 2. The molecule has 0 aliphatic heterocycles. The second kappa shape index (κ2) is 3.84. The van der Waals surface area contributed by atoms with Crippen molar-refractivity contribution >= 4 is 5.78 Å². The number of ketones is 1. The summed E-state index contributed by atoms with van der Waals surface area (Å²) >= 11 is 0. The molecule has 0 N–H and O–H groups in total. The molecule has 0 heterocycles. The maximum atomic E-state index is 12.6. The van der Waals surface area contributed by atoms with Crippen LogP contribution in [0.3, 0.4) is 0 Å². The van der Waals surface area contributed by atoms with Gasteiger partial charge in [-0.25, -0.2) is 0 Å². The lowest BCUT2D eigenvalue weighted by atomic mass is 9.37. The highest BCUT2D eigenvalue weighted by Gasteiger charge is 2.65. The largest absolute Gasteiger partial charge is 0.299 e. The molecule has 0 amide bonds. The number of carbonyl (C=O) groups excluding carboxylic acids is 1. The first-order valence-electron chi connectivity index (χ1n) is 8.99. The van der Waals surface area contributed by atoms with Crippen molar-refractivity contribution in [1.29, 1.82) is 0 Å². The summed E-state index contributed by atoms with van der Waals surface area (Å²) in [6, 6.07) is 0. The Bertz CT molecular complexity index is 554. The van der Waals surface area contributed by atoms with Gasteiger partial charge in [0.25, 0.3) is 0 Å². The SMILES string of the molecule is CC1(C)CCCC2=C1CC[C@@]13CCC(C)(C[C@@]21C)C(=O)C3. The van der Waals surface area contributed by atoms with Gasteiger partial charge in [-0.1, -0.05) is 38.8 Å². The third-order valence-corrected chi connectivity index (χ3v) is 8.17. The fourth-order valence-electron chi connectivity index (χ4n) is 6.69. The van der Waals surface area contributed by atoms with Crippen molar-refractivity contribution in [3.63, 3.8) is 0 Å². The first kappa shape index (κ1) is 14.0. The lowest BCUT2D eigenvalue weighted by molar-refractivity contribution is -0.161. The molecule has 21 heavy (non-hydrogen) atoms. The second-order valence-electron chi connectivity index (χ2n) is 9.64. The van der Waals surface area contributed by atoms with E-state index in [0.717, 1.165) is 19.3 Å². The molecule has 3 fully saturated rings. The topological polar surface area (TPSA) is 17.1 Å². The van der Waals surface area contributed by atoms with Crippen LogP contribution >= 0.6 is 0 Å². The fraction of sp³-hybridized carbons (Fsp3) is 0.850. The molecular formula is C20H30O. The number of allylic oxidation sites excluding steroid dienone is 2. The first-order chi connectivity index (χ1) is 9.73. The zero-order valence-electron chi connectivity index (χ0n) is 14.3. The average Bonchev–Trinajstić information content (AvgIpc) is 2.39. The number of rotatable bonds is 0. The molecule has 5 aliphatic rings. The van der Waals surface area contributed by atoms with E-state index in [2.05, 4.69) is 27.7 Å². The van der Waals surface area contributed by atoms with E-state index in [9.17, 15) is 4.79 Å². The molecule has 5 rings (SSSR count). The van der Waals surface area contributed by atoms with Crippen LogP contribution in [0, 0.1) is 21.7 Å². The van der Waals surface area contributed by atoms with Crippen molar-refractivity contribution in [1.82, 2.24) is 0 Å². The van der Waals surface area contributed by atoms with Gasteiger partial charge in [0.05, 0.1) is 0 Å². The molecule has 5 aliphatic carbocycles. The highest BCUT2D eigenvalue weighted by molar-refractivity contribution is 5.87. The van der Waals surface area contributed by atoms with Gasteiger partial charge in [-0.2, -0.15) is 0 Å². The summed E-state index contributed by atoms with van der Waals surface area (Å²) in [5, 5.41) is 0. The third kappa shape index (κ3) is 1.56. The number of hydrogen-bond acceptors (Lipinski definition) is 1. The summed E-state index contributed by atoms with van der Waals surface area (Å²) < 4.78 is 0. The Morgan fingerprint density at radius 1 is 0.857 bits per heavy atom. The number of carbonyl (C=O) groups is 1. The van der Waals surface area contributed by atoms with Crippen molar-refractivity contribution in [2.45, 2.75) is 85.5 Å². The molecule has 0 aromatic rings. The Balaban J connectivity index is 1.88. The highest BCUT2D eigenvalue weighted by atomic mass is 16.1. The fourth-order valence-corrected chi connectivity index (χ4v) is 6.69. The van der Waals surface area contributed by atoms with Gasteiger partial charge in [0.1, 0.15) is 5.78 Å². The van der Waals surface area contributed by atoms with Gasteiger partial charge in [-0.05, 0) is 67.6 Å². The van der Waals surface area contributed by atoms with Crippen molar-refractivity contribution in [2.75, 3.05) is 0 Å². The molecule has 1 nitrogen and oxygen atoms in total. The molecule has 116 valence electrons. The van der Waals surface area contributed by atoms with E-state index >= 15 is 0 Å². The van der Waals surface area contributed by atoms with Gasteiger partial charge >= 0.3 is 0 Å². The van der Waals surface area contributed by atoms with E-state index in [1.54, 1.807) is 11.1 Å². The van der Waals surface area contributed by atoms with Crippen LogP contribution in [0.15, 0.2) is 11.1 Å². The van der Waals surface area contributed by atoms with Gasteiger partial charge < -0.3 is 0 Å². The van der Waals surface area contributed by atoms with Crippen LogP contribution in [-0.2, 0) is 4.79 Å². The van der Waals surface area contributed by atoms with E-state index in [-0.39, 0.29) is 5.41 Å². The van der Waals surface area contributed by atoms with Crippen LogP contribution in [0.2, 0.25) is 0 Å². The molecule has 0 radical (unpaired) electrons. The Morgan fingerprint density at radius 3 is 2.33 bits per heavy atom. The molecule has 1 spiro atoms. The minimum absolute atomic E-state index is 0.0203. The summed E-state index contributed by atoms with van der Waals surface area (Å²) in [5.41, 5.74) is 4.59. The number of Topliss-reactive ketones (excluding diaryl/α,β-unsaturated/α-hetero) is 1. The summed E-state index contributed by atoms with van der Waals surface area (Å²) in [6.07, 6.45) is 11.0. The predicted molar refractivity (Wildman–Crippen MR) is 86.0 cm³/mol. The molecule has 0 aromatic heterocycles. The molecule has 0 aromatic carbocycles. The maximum absolute atomic E-state index is 12.6. The summed E-state index contributed by atoms with van der Waals surface area (Å²) in [7, 11) is 0. The van der Waals surface area contributed by atoms with Crippen molar-refractivity contribution in [3.8, 4) is 0 Å². The van der Waals surface area contributed by atoms with Gasteiger partial charge in [0.15, 0.2) is 0 Å². The smallest absolute Gasteiger partial charge is 0.139 e. The van der Waals surface area contributed by atoms with Gasteiger partial charge in [0.2, 0.25) is 0 Å². The lowest BCUT2D eigenvalue weighted by Crippen LogP contribution is -2.60. The first-order valence-corrected chi connectivity index (χ1v) is 8.99. The Kier molecular flexibility index (Phi) is 2.56. The quantitative estimate of drug-likeness (QED) is 0.542. The lowest BCUT2D eigenvalue weighted by Gasteiger charge is -2.66. The normalized spacial score (nSPS) is 48.1. The van der Waals surface area contributed by atoms with E-state index in [0.29, 0.717) is 22.0 Å². The van der Waals surface area contributed by atoms with Crippen LogP contribution in [-0.4, -0.2) is 5.78 Å². The van der Waals surface area contributed by atoms with Gasteiger partial charge in [0, 0.05) is 11.8 Å². The van der Waals surface area contributed by atoms with Crippen LogP contribution < -0.4 is 0 Å². The standard InChI is InChI=1S/C20H30O/c1-17(2)8-5-6-15-14(17)7-9-20-11-10-18(3,16(21)12-20)13-19(15,20)4/h5-13H2,1-4H3/t18?,19-,20-/m0/s1. The summed E-state index contributed by atoms with van der Waals surface area (Å²) in [6.45, 7) is 9.70. The molecule has 3 atom stereocenters. The zero-order valence-corrected chi connectivity index (χ0v) is 14.3. The van der Waals surface area contributed by atoms with Crippen LogP contribution in [0.25, 0.3) is 0 Å². The molecule has 1 heteroatoms. The molecule has 2 bridgehead atoms. The summed E-state index contributed by atoms with van der Waals surface area (Å²) in [5.74, 6) is 0.574. The van der Waals surface area contributed by atoms with Crippen molar-refractivity contribution in [2.24, 2.45) is 21.7 Å². The molecular weight excluding hydrogens is 256 g/mol. The van der Waals surface area contributed by atoms with Gasteiger partial charge in [-0.3, -0.25) is 4.79 Å². The second-order valence-corrected chi connectivity index (χ2v) is 9.64. The molecule has 1 unspecified atom stereocenters. The molecule has 3 saturated carbocycles. The van der Waals surface area contributed by atoms with E-state index < -0.39 is 0 Å². The maximum Gasteiger partial charge on any atom is 0.139 e. The van der Waals surface area contributed by atoms with E-state index in [1.807, 2.05) is 0 Å². The third-order valence-electron chi connectivity index (χ3n) is 8.17. The van der Waals surface area contributed by atoms with Crippen molar-refractivity contribution < 1.29 is 4.79 Å². The molecule has 0 saturated heterocycles.